The standard InChI is InChI=1S/C18H23N3O4S/c1-20(18-19-16-13(24-2)5-4-6-14(16)26-18)11-15(22)21-9-7-12(8-10-21)17(23)25-3/h4-6,12H,7-11H2,1-3H3. The molecule has 140 valence electrons. The van der Waals surface area contributed by atoms with Crippen molar-refractivity contribution in [3.63, 3.8) is 0 Å². The molecule has 0 radical (unpaired) electrons. The maximum absolute atomic E-state index is 12.6. The summed E-state index contributed by atoms with van der Waals surface area (Å²) in [5.74, 6) is 0.493. The lowest BCUT2D eigenvalue weighted by molar-refractivity contribution is -0.148. The Hall–Kier alpha value is -2.35. The maximum Gasteiger partial charge on any atom is 0.308 e. The molecule has 0 aliphatic carbocycles. The van der Waals surface area contributed by atoms with E-state index in [0.717, 1.165) is 21.1 Å². The van der Waals surface area contributed by atoms with E-state index < -0.39 is 0 Å². The van der Waals surface area contributed by atoms with Crippen molar-refractivity contribution in [2.75, 3.05) is 45.8 Å². The first-order valence-electron chi connectivity index (χ1n) is 8.53. The molecule has 1 saturated heterocycles. The molecule has 0 saturated carbocycles. The van der Waals surface area contributed by atoms with Gasteiger partial charge in [0.1, 0.15) is 11.3 Å². The predicted molar refractivity (Wildman–Crippen MR) is 101 cm³/mol. The number of fused-ring (bicyclic) bond motifs is 1. The second kappa shape index (κ2) is 7.90. The summed E-state index contributed by atoms with van der Waals surface area (Å²) in [5.41, 5.74) is 0.813. The first-order valence-corrected chi connectivity index (χ1v) is 9.35. The van der Waals surface area contributed by atoms with Gasteiger partial charge < -0.3 is 19.3 Å². The lowest BCUT2D eigenvalue weighted by Crippen LogP contribution is -2.44. The first kappa shape index (κ1) is 18.4. The number of anilines is 1. The van der Waals surface area contributed by atoms with Crippen LogP contribution in [0.25, 0.3) is 10.2 Å². The average Bonchev–Trinajstić information content (AvgIpc) is 3.12. The maximum atomic E-state index is 12.6. The number of esters is 1. The first-order chi connectivity index (χ1) is 12.5. The number of thiazole rings is 1. The molecule has 8 heteroatoms. The zero-order valence-electron chi connectivity index (χ0n) is 15.2. The van der Waals surface area contributed by atoms with E-state index in [2.05, 4.69) is 4.98 Å². The van der Waals surface area contributed by atoms with Crippen LogP contribution in [0.5, 0.6) is 5.75 Å². The van der Waals surface area contributed by atoms with E-state index in [9.17, 15) is 9.59 Å². The van der Waals surface area contributed by atoms with Gasteiger partial charge in [-0.25, -0.2) is 4.98 Å². The number of likely N-dealkylation sites (N-methyl/N-ethyl adjacent to an activating group) is 1. The summed E-state index contributed by atoms with van der Waals surface area (Å²) >= 11 is 1.53. The van der Waals surface area contributed by atoms with Gasteiger partial charge in [-0.1, -0.05) is 17.4 Å². The largest absolute Gasteiger partial charge is 0.494 e. The Morgan fingerprint density at radius 2 is 2.04 bits per heavy atom. The zero-order chi connectivity index (χ0) is 18.7. The van der Waals surface area contributed by atoms with Crippen molar-refractivity contribution in [1.82, 2.24) is 9.88 Å². The third-order valence-electron chi connectivity index (χ3n) is 4.67. The van der Waals surface area contributed by atoms with Gasteiger partial charge in [-0.3, -0.25) is 9.59 Å². The van der Waals surface area contributed by atoms with Crippen molar-refractivity contribution in [3.05, 3.63) is 18.2 Å². The van der Waals surface area contributed by atoms with Gasteiger partial charge in [0, 0.05) is 20.1 Å². The summed E-state index contributed by atoms with van der Waals surface area (Å²) in [7, 11) is 4.89. The number of likely N-dealkylation sites (tertiary alicyclic amines) is 1. The lowest BCUT2D eigenvalue weighted by Gasteiger charge is -2.31. The molecule has 1 aliphatic rings. The third-order valence-corrected chi connectivity index (χ3v) is 5.81. The van der Waals surface area contributed by atoms with Crippen LogP contribution in [-0.4, -0.2) is 62.7 Å². The molecular weight excluding hydrogens is 354 g/mol. The fraction of sp³-hybridized carbons (Fsp3) is 0.500. The zero-order valence-corrected chi connectivity index (χ0v) is 16.0. The third kappa shape index (κ3) is 3.75. The van der Waals surface area contributed by atoms with Crippen LogP contribution >= 0.6 is 11.3 Å². The molecular formula is C18H23N3O4S. The van der Waals surface area contributed by atoms with Gasteiger partial charge in [0.05, 0.1) is 31.4 Å². The highest BCUT2D eigenvalue weighted by atomic mass is 32.1. The summed E-state index contributed by atoms with van der Waals surface area (Å²) < 4.78 is 11.2. The van der Waals surface area contributed by atoms with Crippen molar-refractivity contribution < 1.29 is 19.1 Å². The van der Waals surface area contributed by atoms with Crippen molar-refractivity contribution in [1.29, 1.82) is 0 Å². The second-order valence-electron chi connectivity index (χ2n) is 6.34. The van der Waals surface area contributed by atoms with Crippen LogP contribution in [0.1, 0.15) is 12.8 Å². The normalized spacial score (nSPS) is 15.1. The summed E-state index contributed by atoms with van der Waals surface area (Å²) in [6, 6.07) is 5.80. The van der Waals surface area contributed by atoms with E-state index >= 15 is 0 Å². The van der Waals surface area contributed by atoms with Gasteiger partial charge in [-0.2, -0.15) is 0 Å². The smallest absolute Gasteiger partial charge is 0.308 e. The predicted octanol–water partition coefficient (Wildman–Crippen LogP) is 2.15. The van der Waals surface area contributed by atoms with Crippen molar-refractivity contribution in [2.45, 2.75) is 12.8 Å². The number of rotatable bonds is 5. The van der Waals surface area contributed by atoms with Crippen molar-refractivity contribution in [2.24, 2.45) is 5.92 Å². The summed E-state index contributed by atoms with van der Waals surface area (Å²) in [5, 5.41) is 0.780. The van der Waals surface area contributed by atoms with E-state index in [4.69, 9.17) is 9.47 Å². The Morgan fingerprint density at radius 3 is 2.69 bits per heavy atom. The minimum atomic E-state index is -0.183. The SMILES string of the molecule is COC(=O)C1CCN(C(=O)CN(C)c2nc3c(OC)cccc3s2)CC1. The quantitative estimate of drug-likeness (QED) is 0.744. The molecule has 0 spiro atoms. The van der Waals surface area contributed by atoms with Crippen LogP contribution in [0.3, 0.4) is 0 Å². The molecule has 1 fully saturated rings. The number of benzene rings is 1. The number of amides is 1. The number of hydrogen-bond donors (Lipinski definition) is 0. The number of aromatic nitrogens is 1. The van der Waals surface area contributed by atoms with Crippen LogP contribution in [0.4, 0.5) is 5.13 Å². The number of piperidine rings is 1. The molecule has 2 aromatic rings. The van der Waals surface area contributed by atoms with Gasteiger partial charge in [-0.15, -0.1) is 0 Å². The van der Waals surface area contributed by atoms with E-state index in [1.807, 2.05) is 35.0 Å². The van der Waals surface area contributed by atoms with E-state index in [1.165, 1.54) is 18.4 Å². The number of nitrogens with zero attached hydrogens (tertiary/aromatic N) is 3. The van der Waals surface area contributed by atoms with E-state index in [1.54, 1.807) is 7.11 Å². The van der Waals surface area contributed by atoms with Crippen LogP contribution in [-0.2, 0) is 14.3 Å². The highest BCUT2D eigenvalue weighted by molar-refractivity contribution is 7.22. The molecule has 0 atom stereocenters. The van der Waals surface area contributed by atoms with Crippen LogP contribution in [0.15, 0.2) is 18.2 Å². The highest BCUT2D eigenvalue weighted by Crippen LogP contribution is 2.33. The van der Waals surface area contributed by atoms with Gasteiger partial charge in [0.15, 0.2) is 5.13 Å². The number of carbonyl (C=O) groups is 2. The monoisotopic (exact) mass is 377 g/mol. The Kier molecular flexibility index (Phi) is 5.61. The van der Waals surface area contributed by atoms with Gasteiger partial charge in [-0.05, 0) is 25.0 Å². The molecule has 26 heavy (non-hydrogen) atoms. The molecule has 0 unspecified atom stereocenters. The lowest BCUT2D eigenvalue weighted by atomic mass is 9.97. The van der Waals surface area contributed by atoms with Crippen molar-refractivity contribution >= 4 is 38.6 Å². The number of hydrogen-bond acceptors (Lipinski definition) is 7. The van der Waals surface area contributed by atoms with Gasteiger partial charge >= 0.3 is 5.97 Å². The summed E-state index contributed by atoms with van der Waals surface area (Å²) in [6.07, 6.45) is 1.31. The van der Waals surface area contributed by atoms with Gasteiger partial charge in [0.2, 0.25) is 5.91 Å². The Morgan fingerprint density at radius 1 is 1.31 bits per heavy atom. The summed E-state index contributed by atoms with van der Waals surface area (Å²) in [4.78, 5) is 32.5. The van der Waals surface area contributed by atoms with Crippen LogP contribution < -0.4 is 9.64 Å². The molecule has 2 heterocycles. The Bertz CT molecular complexity index is 799. The average molecular weight is 377 g/mol. The molecule has 3 rings (SSSR count). The summed E-state index contributed by atoms with van der Waals surface area (Å²) in [6.45, 7) is 1.42. The number of methoxy groups -OCH3 is 2. The van der Waals surface area contributed by atoms with E-state index in [-0.39, 0.29) is 24.3 Å². The Balaban J connectivity index is 1.62. The van der Waals surface area contributed by atoms with Crippen LogP contribution in [0, 0.1) is 5.92 Å². The molecule has 1 aliphatic heterocycles. The fourth-order valence-electron chi connectivity index (χ4n) is 3.14. The topological polar surface area (TPSA) is 72.0 Å². The number of ether oxygens (including phenoxy) is 2. The highest BCUT2D eigenvalue weighted by Gasteiger charge is 2.28. The number of carbonyl (C=O) groups excluding carboxylic acids is 2. The molecule has 1 aromatic carbocycles. The van der Waals surface area contributed by atoms with E-state index in [0.29, 0.717) is 25.9 Å². The minimum Gasteiger partial charge on any atom is -0.494 e. The number of para-hydroxylation sites is 1. The second-order valence-corrected chi connectivity index (χ2v) is 7.35. The molecule has 1 amide bonds. The molecule has 7 nitrogen and oxygen atoms in total. The Labute approximate surface area is 156 Å². The fourth-order valence-corrected chi connectivity index (χ4v) is 4.08. The van der Waals surface area contributed by atoms with Crippen molar-refractivity contribution in [3.8, 4) is 5.75 Å². The molecule has 0 N–H and O–H groups in total. The van der Waals surface area contributed by atoms with Crippen LogP contribution in [0.2, 0.25) is 0 Å². The molecule has 1 aromatic heterocycles. The minimum absolute atomic E-state index is 0.0436. The molecule has 0 bridgehead atoms. The van der Waals surface area contributed by atoms with Gasteiger partial charge in [0.25, 0.3) is 0 Å².